The zero-order valence-electron chi connectivity index (χ0n) is 6.80. The minimum Gasteiger partial charge on any atom is -0.395 e. The Labute approximate surface area is 66.7 Å². The monoisotopic (exact) mass is 157 g/mol. The number of hydrogen-bond donors (Lipinski definition) is 3. The summed E-state index contributed by atoms with van der Waals surface area (Å²) in [6.45, 7) is 3.71. The molecule has 0 aromatic rings. The molecule has 0 radical (unpaired) electrons. The Morgan fingerprint density at radius 2 is 2.64 bits per heavy atom. The average Bonchev–Trinajstić information content (AvgIpc) is 2.01. The molecule has 1 rings (SSSR count). The van der Waals surface area contributed by atoms with E-state index in [0.29, 0.717) is 12.6 Å². The van der Waals surface area contributed by atoms with Crippen LogP contribution in [0.5, 0.6) is 0 Å². The summed E-state index contributed by atoms with van der Waals surface area (Å²) in [4.78, 5) is 4.20. The number of aliphatic hydroxyl groups is 1. The Hall–Kier alpha value is -0.770. The fraction of sp³-hybridized carbons (Fsp3) is 0.857. The molecule has 1 unspecified atom stereocenters. The van der Waals surface area contributed by atoms with Crippen LogP contribution >= 0.6 is 0 Å². The van der Waals surface area contributed by atoms with E-state index >= 15 is 0 Å². The minimum absolute atomic E-state index is 0.148. The molecular formula is C7H15N3O. The lowest BCUT2D eigenvalue weighted by Gasteiger charge is -2.21. The number of hydrogen-bond acceptors (Lipinski definition) is 4. The fourth-order valence-corrected chi connectivity index (χ4v) is 1.00. The highest BCUT2D eigenvalue weighted by Gasteiger charge is 2.08. The van der Waals surface area contributed by atoms with Crippen molar-refractivity contribution in [3.8, 4) is 0 Å². The summed E-state index contributed by atoms with van der Waals surface area (Å²) in [5.74, 6) is 0.817. The van der Waals surface area contributed by atoms with Crippen LogP contribution in [0.3, 0.4) is 0 Å². The number of nitrogens with one attached hydrogen (secondary N) is 2. The van der Waals surface area contributed by atoms with Gasteiger partial charge in [-0.15, -0.1) is 0 Å². The van der Waals surface area contributed by atoms with Crippen molar-refractivity contribution in [2.75, 3.05) is 19.7 Å². The van der Waals surface area contributed by atoms with Gasteiger partial charge in [0.2, 0.25) is 0 Å². The van der Waals surface area contributed by atoms with E-state index < -0.39 is 0 Å². The molecule has 0 aromatic carbocycles. The summed E-state index contributed by atoms with van der Waals surface area (Å²) < 4.78 is 0. The van der Waals surface area contributed by atoms with Gasteiger partial charge in [-0.05, 0) is 13.3 Å². The topological polar surface area (TPSA) is 56.7 Å². The molecule has 0 aromatic heterocycles. The second kappa shape index (κ2) is 4.18. The van der Waals surface area contributed by atoms with Gasteiger partial charge in [-0.1, -0.05) is 0 Å². The summed E-state index contributed by atoms with van der Waals surface area (Å²) >= 11 is 0. The van der Waals surface area contributed by atoms with E-state index in [2.05, 4.69) is 22.5 Å². The summed E-state index contributed by atoms with van der Waals surface area (Å²) in [7, 11) is 0. The smallest absolute Gasteiger partial charge is 0.191 e. The van der Waals surface area contributed by atoms with Gasteiger partial charge in [-0.25, -0.2) is 0 Å². The van der Waals surface area contributed by atoms with Crippen LogP contribution in [0.15, 0.2) is 4.99 Å². The molecule has 1 aliphatic rings. The first-order valence-electron chi connectivity index (χ1n) is 3.98. The third-order valence-corrected chi connectivity index (χ3v) is 1.62. The highest BCUT2D eigenvalue weighted by atomic mass is 16.3. The molecule has 0 aliphatic carbocycles. The molecule has 4 heteroatoms. The number of rotatable bonds is 2. The second-order valence-electron chi connectivity index (χ2n) is 2.71. The zero-order chi connectivity index (χ0) is 8.10. The van der Waals surface area contributed by atoms with Crippen molar-refractivity contribution in [2.45, 2.75) is 19.4 Å². The summed E-state index contributed by atoms with van der Waals surface area (Å²) in [5, 5.41) is 14.7. The molecule has 11 heavy (non-hydrogen) atoms. The van der Waals surface area contributed by atoms with Gasteiger partial charge in [0.05, 0.1) is 6.61 Å². The molecule has 1 aliphatic heterocycles. The third-order valence-electron chi connectivity index (χ3n) is 1.62. The van der Waals surface area contributed by atoms with Crippen molar-refractivity contribution in [3.05, 3.63) is 0 Å². The van der Waals surface area contributed by atoms with E-state index in [9.17, 15) is 0 Å². The molecule has 64 valence electrons. The molecule has 1 atom stereocenters. The van der Waals surface area contributed by atoms with Crippen LogP contribution in [0.4, 0.5) is 0 Å². The van der Waals surface area contributed by atoms with Crippen LogP contribution in [0, 0.1) is 0 Å². The highest BCUT2D eigenvalue weighted by Crippen LogP contribution is 1.96. The molecule has 0 saturated carbocycles. The zero-order valence-corrected chi connectivity index (χ0v) is 6.80. The largest absolute Gasteiger partial charge is 0.395 e. The molecular weight excluding hydrogens is 142 g/mol. The maximum Gasteiger partial charge on any atom is 0.191 e. The maximum absolute atomic E-state index is 8.52. The normalized spacial score (nSPS) is 23.8. The molecule has 0 amide bonds. The van der Waals surface area contributed by atoms with Gasteiger partial charge in [-0.3, -0.25) is 4.99 Å². The van der Waals surface area contributed by atoms with E-state index in [1.165, 1.54) is 0 Å². The van der Waals surface area contributed by atoms with Crippen molar-refractivity contribution in [2.24, 2.45) is 4.99 Å². The Morgan fingerprint density at radius 1 is 1.82 bits per heavy atom. The molecule has 4 nitrogen and oxygen atoms in total. The lowest BCUT2D eigenvalue weighted by molar-refractivity contribution is 0.299. The Kier molecular flexibility index (Phi) is 3.16. The van der Waals surface area contributed by atoms with Crippen molar-refractivity contribution in [1.29, 1.82) is 0 Å². The van der Waals surface area contributed by atoms with Crippen LogP contribution < -0.4 is 10.6 Å². The molecule has 0 spiro atoms. The molecule has 0 fully saturated rings. The van der Waals surface area contributed by atoms with E-state index in [1.54, 1.807) is 0 Å². The molecule has 1 heterocycles. The van der Waals surface area contributed by atoms with Crippen LogP contribution in [-0.2, 0) is 0 Å². The predicted octanol–water partition coefficient (Wildman–Crippen LogP) is -0.694. The molecule has 0 bridgehead atoms. The second-order valence-corrected chi connectivity index (χ2v) is 2.71. The van der Waals surface area contributed by atoms with Gasteiger partial charge in [0, 0.05) is 19.1 Å². The molecule has 0 saturated heterocycles. The summed E-state index contributed by atoms with van der Waals surface area (Å²) in [6.07, 6.45) is 1.09. The summed E-state index contributed by atoms with van der Waals surface area (Å²) in [6, 6.07) is 0.494. The van der Waals surface area contributed by atoms with Crippen molar-refractivity contribution in [3.63, 3.8) is 0 Å². The van der Waals surface area contributed by atoms with Crippen molar-refractivity contribution >= 4 is 5.96 Å². The van der Waals surface area contributed by atoms with E-state index in [0.717, 1.165) is 18.9 Å². The Balaban J connectivity index is 2.27. The Morgan fingerprint density at radius 3 is 3.27 bits per heavy atom. The van der Waals surface area contributed by atoms with Gasteiger partial charge in [0.25, 0.3) is 0 Å². The highest BCUT2D eigenvalue weighted by molar-refractivity contribution is 5.80. The van der Waals surface area contributed by atoms with Crippen LogP contribution in [0.1, 0.15) is 13.3 Å². The van der Waals surface area contributed by atoms with Gasteiger partial charge < -0.3 is 15.7 Å². The lowest BCUT2D eigenvalue weighted by atomic mass is 10.2. The first-order valence-corrected chi connectivity index (χ1v) is 3.98. The van der Waals surface area contributed by atoms with Crippen LogP contribution in [0.2, 0.25) is 0 Å². The number of aliphatic hydroxyl groups excluding tert-OH is 1. The summed E-state index contributed by atoms with van der Waals surface area (Å²) in [5.41, 5.74) is 0. The van der Waals surface area contributed by atoms with Gasteiger partial charge >= 0.3 is 0 Å². The first-order chi connectivity index (χ1) is 5.33. The van der Waals surface area contributed by atoms with Crippen LogP contribution in [-0.4, -0.2) is 36.8 Å². The van der Waals surface area contributed by atoms with Crippen LogP contribution in [0.25, 0.3) is 0 Å². The maximum atomic E-state index is 8.52. The van der Waals surface area contributed by atoms with E-state index in [1.807, 2.05) is 0 Å². The SMILES string of the molecule is CC1CCN=C(NCCO)N1. The quantitative estimate of drug-likeness (QED) is 0.497. The van der Waals surface area contributed by atoms with Gasteiger partial charge in [-0.2, -0.15) is 0 Å². The van der Waals surface area contributed by atoms with Gasteiger partial charge in [0.15, 0.2) is 5.96 Å². The van der Waals surface area contributed by atoms with E-state index in [4.69, 9.17) is 5.11 Å². The van der Waals surface area contributed by atoms with Gasteiger partial charge in [0.1, 0.15) is 0 Å². The molecule has 3 N–H and O–H groups in total. The van der Waals surface area contributed by atoms with Crippen molar-refractivity contribution in [1.82, 2.24) is 10.6 Å². The number of nitrogens with zero attached hydrogens (tertiary/aromatic N) is 1. The standard InChI is InChI=1S/C7H15N3O/c1-6-2-3-8-7(10-6)9-4-5-11/h6,11H,2-5H2,1H3,(H2,8,9,10). The predicted molar refractivity (Wildman–Crippen MR) is 44.6 cm³/mol. The Bertz CT molecular complexity index is 147. The average molecular weight is 157 g/mol. The van der Waals surface area contributed by atoms with Crippen molar-refractivity contribution < 1.29 is 5.11 Å². The first kappa shape index (κ1) is 8.33. The number of guanidine groups is 1. The lowest BCUT2D eigenvalue weighted by Crippen LogP contribution is -2.46. The number of aliphatic imine (C=N–C) groups is 1. The van der Waals surface area contributed by atoms with E-state index in [-0.39, 0.29) is 6.61 Å². The fourth-order valence-electron chi connectivity index (χ4n) is 1.00. The minimum atomic E-state index is 0.148. The third kappa shape index (κ3) is 2.76.